The Morgan fingerprint density at radius 1 is 1.64 bits per heavy atom. The molecule has 1 aliphatic heterocycles. The van der Waals surface area contributed by atoms with Gasteiger partial charge in [-0.3, -0.25) is 0 Å². The number of hydrogen-bond donors (Lipinski definition) is 1. The largest absolute Gasteiger partial charge is 0.377 e. The highest BCUT2D eigenvalue weighted by Crippen LogP contribution is 2.19. The second kappa shape index (κ2) is 6.20. The normalized spacial score (nSPS) is 23.7. The molecule has 0 saturated carbocycles. The zero-order valence-electron chi connectivity index (χ0n) is 9.51. The number of hydrogen-bond acceptors (Lipinski definition) is 2. The van der Waals surface area contributed by atoms with E-state index < -0.39 is 0 Å². The molecule has 1 saturated heterocycles. The van der Waals surface area contributed by atoms with E-state index in [1.807, 2.05) is 0 Å². The summed E-state index contributed by atoms with van der Waals surface area (Å²) in [5.74, 6) is 0. The summed E-state index contributed by atoms with van der Waals surface area (Å²) in [4.78, 5) is 0. The molecule has 0 amide bonds. The third kappa shape index (κ3) is 3.81. The van der Waals surface area contributed by atoms with Gasteiger partial charge in [0.2, 0.25) is 0 Å². The smallest absolute Gasteiger partial charge is 0.0728 e. The topological polar surface area (TPSA) is 21.3 Å². The van der Waals surface area contributed by atoms with Gasteiger partial charge in [0, 0.05) is 12.6 Å². The van der Waals surface area contributed by atoms with Gasteiger partial charge in [0.05, 0.1) is 6.10 Å². The summed E-state index contributed by atoms with van der Waals surface area (Å²) >= 11 is 0. The van der Waals surface area contributed by atoms with Crippen LogP contribution in [-0.4, -0.2) is 25.3 Å². The lowest BCUT2D eigenvalue weighted by atomic mass is 10.0. The minimum Gasteiger partial charge on any atom is -0.377 e. The van der Waals surface area contributed by atoms with Gasteiger partial charge in [0.15, 0.2) is 0 Å². The van der Waals surface area contributed by atoms with Crippen molar-refractivity contribution >= 4 is 0 Å². The van der Waals surface area contributed by atoms with Crippen molar-refractivity contribution in [2.75, 3.05) is 13.2 Å². The molecule has 0 bridgehead atoms. The summed E-state index contributed by atoms with van der Waals surface area (Å²) in [6, 6.07) is 0.527. The van der Waals surface area contributed by atoms with Crippen LogP contribution in [0.5, 0.6) is 0 Å². The number of rotatable bonds is 6. The number of nitrogens with one attached hydrogen (secondary N) is 1. The summed E-state index contributed by atoms with van der Waals surface area (Å²) in [7, 11) is 0. The number of allylic oxidation sites excluding steroid dienone is 1. The summed E-state index contributed by atoms with van der Waals surface area (Å²) in [6.45, 7) is 10.2. The van der Waals surface area contributed by atoms with E-state index in [9.17, 15) is 0 Å². The molecule has 1 heterocycles. The quantitative estimate of drug-likeness (QED) is 0.661. The van der Waals surface area contributed by atoms with Crippen molar-refractivity contribution in [3.05, 3.63) is 12.2 Å². The van der Waals surface area contributed by atoms with Gasteiger partial charge >= 0.3 is 0 Å². The lowest BCUT2D eigenvalue weighted by molar-refractivity contribution is 0.0762. The van der Waals surface area contributed by atoms with Crippen molar-refractivity contribution in [2.24, 2.45) is 0 Å². The molecule has 82 valence electrons. The first-order valence-electron chi connectivity index (χ1n) is 5.73. The molecule has 0 aromatic rings. The Labute approximate surface area is 87.7 Å². The van der Waals surface area contributed by atoms with Crippen LogP contribution in [0.2, 0.25) is 0 Å². The first kappa shape index (κ1) is 11.7. The first-order valence-corrected chi connectivity index (χ1v) is 5.73. The van der Waals surface area contributed by atoms with Crippen LogP contribution in [0.25, 0.3) is 0 Å². The maximum absolute atomic E-state index is 5.71. The Morgan fingerprint density at radius 2 is 2.43 bits per heavy atom. The molecule has 0 aromatic heterocycles. The van der Waals surface area contributed by atoms with E-state index in [-0.39, 0.29) is 0 Å². The predicted molar refractivity (Wildman–Crippen MR) is 60.5 cm³/mol. The Morgan fingerprint density at radius 3 is 2.93 bits per heavy atom. The molecule has 2 atom stereocenters. The van der Waals surface area contributed by atoms with E-state index in [4.69, 9.17) is 4.74 Å². The van der Waals surface area contributed by atoms with Crippen LogP contribution in [0.1, 0.15) is 39.5 Å². The molecule has 1 aliphatic rings. The van der Waals surface area contributed by atoms with Gasteiger partial charge in [-0.15, -0.1) is 6.58 Å². The Bertz CT molecular complexity index is 173. The molecular formula is C12H23NO. The zero-order valence-corrected chi connectivity index (χ0v) is 9.51. The molecule has 0 aliphatic carbocycles. The second-order valence-electron chi connectivity index (χ2n) is 4.21. The summed E-state index contributed by atoms with van der Waals surface area (Å²) in [5.41, 5.74) is 1.27. The van der Waals surface area contributed by atoms with E-state index in [0.717, 1.165) is 26.0 Å². The average molecular weight is 197 g/mol. The van der Waals surface area contributed by atoms with Gasteiger partial charge in [-0.05, 0) is 39.2 Å². The van der Waals surface area contributed by atoms with Crippen LogP contribution in [0, 0.1) is 0 Å². The molecule has 1 N–H and O–H groups in total. The van der Waals surface area contributed by atoms with Gasteiger partial charge in [0.1, 0.15) is 0 Å². The summed E-state index contributed by atoms with van der Waals surface area (Å²) < 4.78 is 5.71. The van der Waals surface area contributed by atoms with Crippen molar-refractivity contribution in [1.29, 1.82) is 0 Å². The molecule has 2 unspecified atom stereocenters. The Balaban J connectivity index is 2.33. The van der Waals surface area contributed by atoms with Crippen LogP contribution in [0.3, 0.4) is 0 Å². The number of ether oxygens (including phenoxy) is 1. The SMILES string of the molecule is C=C(C)CCC(NCC)C1CCCO1. The van der Waals surface area contributed by atoms with Crippen molar-refractivity contribution in [2.45, 2.75) is 51.7 Å². The number of likely N-dealkylation sites (N-methyl/N-ethyl adjacent to an activating group) is 1. The maximum Gasteiger partial charge on any atom is 0.0728 e. The fraction of sp³-hybridized carbons (Fsp3) is 0.833. The van der Waals surface area contributed by atoms with Crippen LogP contribution in [-0.2, 0) is 4.74 Å². The Hall–Kier alpha value is -0.340. The van der Waals surface area contributed by atoms with Crippen LogP contribution in [0.4, 0.5) is 0 Å². The fourth-order valence-corrected chi connectivity index (χ4v) is 2.00. The molecule has 0 radical (unpaired) electrons. The van der Waals surface area contributed by atoms with E-state index >= 15 is 0 Å². The van der Waals surface area contributed by atoms with Crippen LogP contribution in [0.15, 0.2) is 12.2 Å². The van der Waals surface area contributed by atoms with E-state index in [0.29, 0.717) is 12.1 Å². The molecule has 2 heteroatoms. The zero-order chi connectivity index (χ0) is 10.4. The monoisotopic (exact) mass is 197 g/mol. The highest BCUT2D eigenvalue weighted by atomic mass is 16.5. The van der Waals surface area contributed by atoms with Gasteiger partial charge in [-0.25, -0.2) is 0 Å². The van der Waals surface area contributed by atoms with Crippen LogP contribution >= 0.6 is 0 Å². The molecule has 14 heavy (non-hydrogen) atoms. The van der Waals surface area contributed by atoms with E-state index in [2.05, 4.69) is 25.7 Å². The predicted octanol–water partition coefficient (Wildman–Crippen LogP) is 2.50. The summed E-state index contributed by atoms with van der Waals surface area (Å²) in [5, 5.41) is 3.51. The minimum absolute atomic E-state index is 0.439. The first-order chi connectivity index (χ1) is 6.74. The third-order valence-corrected chi connectivity index (χ3v) is 2.76. The molecule has 1 fully saturated rings. The second-order valence-corrected chi connectivity index (χ2v) is 4.21. The van der Waals surface area contributed by atoms with Gasteiger partial charge in [-0.1, -0.05) is 12.5 Å². The molecule has 2 nitrogen and oxygen atoms in total. The molecule has 0 aromatic carbocycles. The lowest BCUT2D eigenvalue weighted by Crippen LogP contribution is -2.39. The van der Waals surface area contributed by atoms with Crippen molar-refractivity contribution in [3.8, 4) is 0 Å². The average Bonchev–Trinajstić information content (AvgIpc) is 2.64. The minimum atomic E-state index is 0.439. The summed E-state index contributed by atoms with van der Waals surface area (Å²) in [6.07, 6.45) is 5.15. The highest BCUT2D eigenvalue weighted by molar-refractivity contribution is 4.91. The maximum atomic E-state index is 5.71. The highest BCUT2D eigenvalue weighted by Gasteiger charge is 2.24. The van der Waals surface area contributed by atoms with Crippen molar-refractivity contribution in [1.82, 2.24) is 5.32 Å². The van der Waals surface area contributed by atoms with Gasteiger partial charge in [-0.2, -0.15) is 0 Å². The molecular weight excluding hydrogens is 174 g/mol. The molecule has 1 rings (SSSR count). The van der Waals surface area contributed by atoms with Gasteiger partial charge in [0.25, 0.3) is 0 Å². The lowest BCUT2D eigenvalue weighted by Gasteiger charge is -2.23. The standard InChI is InChI=1S/C12H23NO/c1-4-13-11(8-7-10(2)3)12-6-5-9-14-12/h11-13H,2,4-9H2,1,3H3. The Kier molecular flexibility index (Phi) is 5.20. The van der Waals surface area contributed by atoms with E-state index in [1.165, 1.54) is 18.4 Å². The fourth-order valence-electron chi connectivity index (χ4n) is 2.00. The van der Waals surface area contributed by atoms with Crippen molar-refractivity contribution in [3.63, 3.8) is 0 Å². The van der Waals surface area contributed by atoms with E-state index in [1.54, 1.807) is 0 Å². The third-order valence-electron chi connectivity index (χ3n) is 2.76. The van der Waals surface area contributed by atoms with Gasteiger partial charge < -0.3 is 10.1 Å². The van der Waals surface area contributed by atoms with Crippen molar-refractivity contribution < 1.29 is 4.74 Å². The molecule has 0 spiro atoms. The van der Waals surface area contributed by atoms with Crippen LogP contribution < -0.4 is 5.32 Å².